The molecule has 0 spiro atoms. The molecule has 2 aromatic rings. The lowest BCUT2D eigenvalue weighted by Crippen LogP contribution is -2.14. The van der Waals surface area contributed by atoms with Gasteiger partial charge < -0.3 is 9.47 Å². The molecule has 2 rings (SSSR count). The van der Waals surface area contributed by atoms with Crippen LogP contribution in [0.5, 0.6) is 11.5 Å². The number of aryl methyl sites for hydroxylation is 1. The van der Waals surface area contributed by atoms with E-state index in [1.807, 2.05) is 0 Å². The second-order valence-corrected chi connectivity index (χ2v) is 6.08. The molecule has 0 saturated heterocycles. The molecule has 0 unspecified atom stereocenters. The first-order valence-corrected chi connectivity index (χ1v) is 7.60. The average Bonchev–Trinajstić information content (AvgIpc) is 2.78. The van der Waals surface area contributed by atoms with Crippen LogP contribution in [0.15, 0.2) is 29.3 Å². The summed E-state index contributed by atoms with van der Waals surface area (Å²) in [7, 11) is 0.963. The molecule has 8 heteroatoms. The number of nitrogens with zero attached hydrogens (tertiary/aromatic N) is 2. The highest BCUT2D eigenvalue weighted by Crippen LogP contribution is 2.27. The Kier molecular flexibility index (Phi) is 4.08. The second kappa shape index (κ2) is 5.65. The first-order chi connectivity index (χ1) is 9.87. The molecule has 0 radical (unpaired) electrons. The second-order valence-electron chi connectivity index (χ2n) is 4.42. The van der Waals surface area contributed by atoms with Crippen LogP contribution in [0.4, 0.5) is 5.69 Å². The normalized spacial score (nSPS) is 11.2. The Labute approximate surface area is 123 Å². The Balaban J connectivity index is 2.39. The van der Waals surface area contributed by atoms with Crippen LogP contribution in [0.25, 0.3) is 0 Å². The fourth-order valence-corrected chi connectivity index (χ4v) is 3.06. The zero-order valence-corrected chi connectivity index (χ0v) is 13.1. The average molecular weight is 311 g/mol. The van der Waals surface area contributed by atoms with Crippen LogP contribution in [0.1, 0.15) is 5.69 Å². The summed E-state index contributed by atoms with van der Waals surface area (Å²) >= 11 is 0. The van der Waals surface area contributed by atoms with Gasteiger partial charge in [0.15, 0.2) is 0 Å². The van der Waals surface area contributed by atoms with Gasteiger partial charge in [-0.3, -0.25) is 9.40 Å². The van der Waals surface area contributed by atoms with Crippen molar-refractivity contribution >= 4 is 15.7 Å². The summed E-state index contributed by atoms with van der Waals surface area (Å²) < 4.78 is 39.0. The summed E-state index contributed by atoms with van der Waals surface area (Å²) in [5.41, 5.74) is 0.909. The van der Waals surface area contributed by atoms with Gasteiger partial charge in [0.2, 0.25) is 0 Å². The number of ether oxygens (including phenoxy) is 2. The van der Waals surface area contributed by atoms with E-state index in [1.165, 1.54) is 25.1 Å². The van der Waals surface area contributed by atoms with E-state index in [0.29, 0.717) is 22.9 Å². The molecule has 21 heavy (non-hydrogen) atoms. The summed E-state index contributed by atoms with van der Waals surface area (Å²) in [6, 6.07) is 4.81. The lowest BCUT2D eigenvalue weighted by molar-refractivity contribution is 0.395. The van der Waals surface area contributed by atoms with E-state index in [-0.39, 0.29) is 4.90 Å². The number of nitrogens with one attached hydrogen (secondary N) is 1. The zero-order valence-electron chi connectivity index (χ0n) is 12.2. The van der Waals surface area contributed by atoms with Crippen molar-refractivity contribution in [2.75, 3.05) is 18.9 Å². The minimum Gasteiger partial charge on any atom is -0.497 e. The number of anilines is 1. The van der Waals surface area contributed by atoms with Gasteiger partial charge in [0.25, 0.3) is 10.0 Å². The number of aromatic nitrogens is 2. The maximum absolute atomic E-state index is 12.4. The Morgan fingerprint density at radius 1 is 1.14 bits per heavy atom. The molecule has 0 bridgehead atoms. The van der Waals surface area contributed by atoms with E-state index < -0.39 is 10.0 Å². The van der Waals surface area contributed by atoms with Crippen LogP contribution in [0, 0.1) is 6.92 Å². The van der Waals surface area contributed by atoms with Crippen molar-refractivity contribution in [3.05, 3.63) is 30.1 Å². The number of hydrogen-bond donors (Lipinski definition) is 1. The van der Waals surface area contributed by atoms with E-state index >= 15 is 0 Å². The molecule has 0 fully saturated rings. The van der Waals surface area contributed by atoms with E-state index in [1.54, 1.807) is 32.2 Å². The molecule has 7 nitrogen and oxygen atoms in total. The molecule has 1 aromatic carbocycles. The number of hydrogen-bond acceptors (Lipinski definition) is 5. The van der Waals surface area contributed by atoms with E-state index in [9.17, 15) is 8.42 Å². The summed E-state index contributed by atoms with van der Waals surface area (Å²) in [5, 5.41) is 3.94. The number of sulfonamides is 1. The topological polar surface area (TPSA) is 82.5 Å². The minimum atomic E-state index is -3.72. The fourth-order valence-electron chi connectivity index (χ4n) is 1.82. The van der Waals surface area contributed by atoms with Crippen LogP contribution in [-0.2, 0) is 17.1 Å². The van der Waals surface area contributed by atoms with E-state index in [2.05, 4.69) is 9.82 Å². The molecule has 0 amide bonds. The van der Waals surface area contributed by atoms with Crippen molar-refractivity contribution in [3.63, 3.8) is 0 Å². The molecule has 1 heterocycles. The largest absolute Gasteiger partial charge is 0.497 e. The van der Waals surface area contributed by atoms with E-state index in [0.717, 1.165) is 0 Å². The summed E-state index contributed by atoms with van der Waals surface area (Å²) in [6.45, 7) is 1.69. The third-order valence-electron chi connectivity index (χ3n) is 3.08. The van der Waals surface area contributed by atoms with Crippen molar-refractivity contribution in [1.29, 1.82) is 0 Å². The lowest BCUT2D eigenvalue weighted by Gasteiger charge is -2.11. The van der Waals surface area contributed by atoms with Crippen molar-refractivity contribution < 1.29 is 17.9 Å². The maximum atomic E-state index is 12.4. The standard InChI is InChI=1S/C13H17N3O4S/c1-9-13(8-14-16(9)2)21(17,18)15-10-5-11(19-3)7-12(6-10)20-4/h5-8,15H,1-4H3. The van der Waals surface area contributed by atoms with Gasteiger partial charge in [0, 0.05) is 25.2 Å². The highest BCUT2D eigenvalue weighted by atomic mass is 32.2. The Morgan fingerprint density at radius 3 is 2.14 bits per heavy atom. The first kappa shape index (κ1) is 15.2. The Morgan fingerprint density at radius 2 is 1.71 bits per heavy atom. The maximum Gasteiger partial charge on any atom is 0.265 e. The van der Waals surface area contributed by atoms with Crippen molar-refractivity contribution in [2.45, 2.75) is 11.8 Å². The van der Waals surface area contributed by atoms with Crippen LogP contribution in [-0.4, -0.2) is 32.4 Å². The highest BCUT2D eigenvalue weighted by molar-refractivity contribution is 7.92. The Hall–Kier alpha value is -2.22. The van der Waals surface area contributed by atoms with E-state index in [4.69, 9.17) is 9.47 Å². The molecule has 114 valence electrons. The van der Waals surface area contributed by atoms with Crippen LogP contribution >= 0.6 is 0 Å². The SMILES string of the molecule is COc1cc(NS(=O)(=O)c2cnn(C)c2C)cc(OC)c1. The monoisotopic (exact) mass is 311 g/mol. The zero-order chi connectivity index (χ0) is 15.6. The molecule has 0 aliphatic rings. The fraction of sp³-hybridized carbons (Fsp3) is 0.308. The van der Waals surface area contributed by atoms with Gasteiger partial charge in [0.1, 0.15) is 16.4 Å². The molecule has 1 N–H and O–H groups in total. The van der Waals surface area contributed by atoms with Crippen LogP contribution in [0.3, 0.4) is 0 Å². The third-order valence-corrected chi connectivity index (χ3v) is 4.57. The molecule has 0 aliphatic heterocycles. The van der Waals surface area contributed by atoms with Crippen molar-refractivity contribution in [1.82, 2.24) is 9.78 Å². The molecule has 0 aliphatic carbocycles. The first-order valence-electron chi connectivity index (χ1n) is 6.12. The quantitative estimate of drug-likeness (QED) is 0.906. The van der Waals surface area contributed by atoms with Gasteiger partial charge >= 0.3 is 0 Å². The summed E-state index contributed by atoms with van der Waals surface area (Å²) in [5.74, 6) is 0.991. The molecule has 0 atom stereocenters. The number of methoxy groups -OCH3 is 2. The van der Waals surface area contributed by atoms with Gasteiger partial charge in [-0.05, 0) is 6.92 Å². The lowest BCUT2D eigenvalue weighted by atomic mass is 10.3. The molecular weight excluding hydrogens is 294 g/mol. The minimum absolute atomic E-state index is 0.131. The summed E-state index contributed by atoms with van der Waals surface area (Å²) in [6.07, 6.45) is 1.31. The van der Waals surface area contributed by atoms with Crippen molar-refractivity contribution in [2.24, 2.45) is 7.05 Å². The van der Waals surface area contributed by atoms with Gasteiger partial charge in [-0.25, -0.2) is 8.42 Å². The molecule has 0 saturated carbocycles. The predicted molar refractivity (Wildman–Crippen MR) is 78.3 cm³/mol. The smallest absolute Gasteiger partial charge is 0.265 e. The highest BCUT2D eigenvalue weighted by Gasteiger charge is 2.20. The predicted octanol–water partition coefficient (Wildman–Crippen LogP) is 1.55. The number of benzene rings is 1. The molecule has 1 aromatic heterocycles. The van der Waals surface area contributed by atoms with Crippen LogP contribution < -0.4 is 14.2 Å². The Bertz CT molecular complexity index is 731. The molecular formula is C13H17N3O4S. The van der Waals surface area contributed by atoms with Gasteiger partial charge in [-0.15, -0.1) is 0 Å². The van der Waals surface area contributed by atoms with Crippen molar-refractivity contribution in [3.8, 4) is 11.5 Å². The van der Waals surface area contributed by atoms with Gasteiger partial charge in [-0.2, -0.15) is 5.10 Å². The van der Waals surface area contributed by atoms with Gasteiger partial charge in [0.05, 0.1) is 31.8 Å². The third kappa shape index (κ3) is 3.10. The van der Waals surface area contributed by atoms with Crippen LogP contribution in [0.2, 0.25) is 0 Å². The van der Waals surface area contributed by atoms with Gasteiger partial charge in [-0.1, -0.05) is 0 Å². The summed E-state index contributed by atoms with van der Waals surface area (Å²) in [4.78, 5) is 0.131. The number of rotatable bonds is 5.